The van der Waals surface area contributed by atoms with E-state index in [0.717, 1.165) is 31.6 Å². The van der Waals surface area contributed by atoms with E-state index in [1.165, 1.54) is 5.57 Å². The Morgan fingerprint density at radius 3 is 2.79 bits per heavy atom. The minimum Gasteiger partial charge on any atom is -0.396 e. The van der Waals surface area contributed by atoms with Gasteiger partial charge in [0.15, 0.2) is 0 Å². The van der Waals surface area contributed by atoms with Crippen molar-refractivity contribution in [2.24, 2.45) is 5.41 Å². The van der Waals surface area contributed by atoms with E-state index in [4.69, 9.17) is 0 Å². The summed E-state index contributed by atoms with van der Waals surface area (Å²) >= 11 is 1.71. The predicted octanol–water partition coefficient (Wildman–Crippen LogP) is 2.70. The topological polar surface area (TPSA) is 40.5 Å². The van der Waals surface area contributed by atoms with Crippen LogP contribution >= 0.6 is 11.8 Å². The van der Waals surface area contributed by atoms with E-state index >= 15 is 0 Å². The zero-order chi connectivity index (χ0) is 14.3. The second-order valence-electron chi connectivity index (χ2n) is 5.81. The van der Waals surface area contributed by atoms with Crippen LogP contribution < -0.4 is 0 Å². The number of hydrogen-bond acceptors (Lipinski definition) is 3. The number of carbonyl (C=O) groups is 1. The molecule has 4 heteroatoms. The van der Waals surface area contributed by atoms with Gasteiger partial charge in [0, 0.05) is 30.7 Å². The van der Waals surface area contributed by atoms with Crippen LogP contribution in [0.2, 0.25) is 0 Å². The summed E-state index contributed by atoms with van der Waals surface area (Å²) in [7, 11) is 0. The van der Waals surface area contributed by atoms with Crippen LogP contribution in [-0.2, 0) is 4.79 Å². The molecule has 0 spiro atoms. The number of carbonyl (C=O) groups excluding carboxylic acids is 1. The number of allylic oxidation sites excluding steroid dienone is 2. The molecule has 1 saturated heterocycles. The van der Waals surface area contributed by atoms with E-state index in [1.54, 1.807) is 11.8 Å². The Morgan fingerprint density at radius 1 is 1.47 bits per heavy atom. The third-order valence-corrected chi connectivity index (χ3v) is 4.43. The first kappa shape index (κ1) is 16.6. The molecule has 19 heavy (non-hydrogen) atoms. The molecule has 1 aliphatic rings. The number of thioether (sulfide) groups is 1. The molecule has 0 aromatic heterocycles. The highest BCUT2D eigenvalue weighted by atomic mass is 32.2. The van der Waals surface area contributed by atoms with Gasteiger partial charge >= 0.3 is 0 Å². The van der Waals surface area contributed by atoms with Gasteiger partial charge in [-0.25, -0.2) is 0 Å². The summed E-state index contributed by atoms with van der Waals surface area (Å²) in [5.41, 5.74) is 1.16. The van der Waals surface area contributed by atoms with Crippen LogP contribution in [0.4, 0.5) is 0 Å². The minimum absolute atomic E-state index is 0.120. The van der Waals surface area contributed by atoms with Gasteiger partial charge in [-0.1, -0.05) is 11.6 Å². The number of aliphatic hydroxyl groups excluding tert-OH is 1. The Hall–Kier alpha value is -0.480. The summed E-state index contributed by atoms with van der Waals surface area (Å²) in [6, 6.07) is 0. The number of likely N-dealkylation sites (tertiary alicyclic amines) is 1. The molecule has 1 rings (SSSR count). The minimum atomic E-state index is -0.120. The largest absolute Gasteiger partial charge is 0.396 e. The standard InChI is InChI=1S/C15H27NO2S/c1-13(2)5-8-15(12-17)7-4-9-16(11-15)14(18)6-10-19-3/h5,17H,4,6-12H2,1-3H3/t15-/m1/s1. The van der Waals surface area contributed by atoms with Crippen molar-refractivity contribution < 1.29 is 9.90 Å². The van der Waals surface area contributed by atoms with Crippen molar-refractivity contribution in [3.63, 3.8) is 0 Å². The summed E-state index contributed by atoms with van der Waals surface area (Å²) in [4.78, 5) is 14.1. The Kier molecular flexibility index (Phi) is 6.94. The predicted molar refractivity (Wildman–Crippen MR) is 82.4 cm³/mol. The van der Waals surface area contributed by atoms with Crippen LogP contribution in [0.5, 0.6) is 0 Å². The molecular formula is C15H27NO2S. The zero-order valence-corrected chi connectivity index (χ0v) is 13.3. The van der Waals surface area contributed by atoms with Crippen molar-refractivity contribution in [3.8, 4) is 0 Å². The summed E-state index contributed by atoms with van der Waals surface area (Å²) in [5.74, 6) is 1.12. The fourth-order valence-corrected chi connectivity index (χ4v) is 2.93. The van der Waals surface area contributed by atoms with E-state index in [2.05, 4.69) is 19.9 Å². The third kappa shape index (κ3) is 5.19. The molecule has 110 valence electrons. The first-order valence-corrected chi connectivity index (χ1v) is 8.43. The summed E-state index contributed by atoms with van der Waals surface area (Å²) < 4.78 is 0. The second-order valence-corrected chi connectivity index (χ2v) is 6.79. The molecule has 1 amide bonds. The normalized spacial score (nSPS) is 23.3. The molecule has 0 aromatic rings. The van der Waals surface area contributed by atoms with Crippen LogP contribution in [0.1, 0.15) is 39.5 Å². The van der Waals surface area contributed by atoms with Crippen molar-refractivity contribution in [2.75, 3.05) is 31.7 Å². The van der Waals surface area contributed by atoms with E-state index in [-0.39, 0.29) is 17.9 Å². The molecule has 0 saturated carbocycles. The average molecular weight is 285 g/mol. The van der Waals surface area contributed by atoms with Crippen LogP contribution in [-0.4, -0.2) is 47.6 Å². The van der Waals surface area contributed by atoms with Crippen LogP contribution in [0.3, 0.4) is 0 Å². The number of aliphatic hydroxyl groups is 1. The Bertz CT molecular complexity index is 326. The van der Waals surface area contributed by atoms with E-state index in [0.29, 0.717) is 13.0 Å². The fraction of sp³-hybridized carbons (Fsp3) is 0.800. The second kappa shape index (κ2) is 7.95. The molecule has 0 aromatic carbocycles. The zero-order valence-electron chi connectivity index (χ0n) is 12.4. The summed E-state index contributed by atoms with van der Waals surface area (Å²) in [5, 5.41) is 9.76. The van der Waals surface area contributed by atoms with Crippen molar-refractivity contribution in [3.05, 3.63) is 11.6 Å². The van der Waals surface area contributed by atoms with Crippen LogP contribution in [0, 0.1) is 5.41 Å². The molecular weight excluding hydrogens is 258 g/mol. The molecule has 0 aliphatic carbocycles. The Balaban J connectivity index is 2.64. The lowest BCUT2D eigenvalue weighted by atomic mass is 9.77. The highest BCUT2D eigenvalue weighted by molar-refractivity contribution is 7.98. The van der Waals surface area contributed by atoms with Gasteiger partial charge in [0.25, 0.3) is 0 Å². The van der Waals surface area contributed by atoms with Crippen LogP contribution in [0.15, 0.2) is 11.6 Å². The van der Waals surface area contributed by atoms with Gasteiger partial charge in [0.1, 0.15) is 0 Å². The smallest absolute Gasteiger partial charge is 0.223 e. The lowest BCUT2D eigenvalue weighted by Gasteiger charge is -2.41. The summed E-state index contributed by atoms with van der Waals surface area (Å²) in [6.45, 7) is 5.89. The number of nitrogens with zero attached hydrogens (tertiary/aromatic N) is 1. The van der Waals surface area contributed by atoms with Gasteiger partial charge < -0.3 is 10.0 Å². The maximum absolute atomic E-state index is 12.1. The highest BCUT2D eigenvalue weighted by Crippen LogP contribution is 2.34. The average Bonchev–Trinajstić information content (AvgIpc) is 2.42. The number of hydrogen-bond donors (Lipinski definition) is 1. The maximum Gasteiger partial charge on any atom is 0.223 e. The van der Waals surface area contributed by atoms with Crippen molar-refractivity contribution in [1.29, 1.82) is 0 Å². The van der Waals surface area contributed by atoms with Gasteiger partial charge in [-0.2, -0.15) is 11.8 Å². The van der Waals surface area contributed by atoms with E-state index in [9.17, 15) is 9.90 Å². The molecule has 3 nitrogen and oxygen atoms in total. The number of piperidine rings is 1. The molecule has 1 atom stereocenters. The van der Waals surface area contributed by atoms with Crippen molar-refractivity contribution in [1.82, 2.24) is 4.90 Å². The van der Waals surface area contributed by atoms with Gasteiger partial charge in [-0.05, 0) is 39.4 Å². The van der Waals surface area contributed by atoms with Gasteiger partial charge in [-0.3, -0.25) is 4.79 Å². The van der Waals surface area contributed by atoms with E-state index in [1.807, 2.05) is 11.2 Å². The Morgan fingerprint density at radius 2 is 2.21 bits per heavy atom. The van der Waals surface area contributed by atoms with Crippen molar-refractivity contribution >= 4 is 17.7 Å². The molecule has 0 radical (unpaired) electrons. The maximum atomic E-state index is 12.1. The fourth-order valence-electron chi connectivity index (χ4n) is 2.55. The first-order valence-electron chi connectivity index (χ1n) is 7.04. The van der Waals surface area contributed by atoms with Gasteiger partial charge in [0.05, 0.1) is 6.61 Å². The lowest BCUT2D eigenvalue weighted by Crippen LogP contribution is -2.47. The molecule has 0 bridgehead atoms. The molecule has 1 N–H and O–H groups in total. The monoisotopic (exact) mass is 285 g/mol. The lowest BCUT2D eigenvalue weighted by molar-refractivity contribution is -0.135. The first-order chi connectivity index (χ1) is 9.03. The number of amides is 1. The summed E-state index contributed by atoms with van der Waals surface area (Å²) in [6.07, 6.45) is 7.72. The molecule has 1 fully saturated rings. The SMILES string of the molecule is CSCCC(=O)N1CCC[C@@](CO)(CC=C(C)C)C1. The van der Waals surface area contributed by atoms with E-state index < -0.39 is 0 Å². The number of rotatable bonds is 6. The molecule has 1 heterocycles. The molecule has 1 aliphatic heterocycles. The van der Waals surface area contributed by atoms with Gasteiger partial charge in [-0.15, -0.1) is 0 Å². The quantitative estimate of drug-likeness (QED) is 0.763. The third-order valence-electron chi connectivity index (χ3n) is 3.81. The van der Waals surface area contributed by atoms with Crippen molar-refractivity contribution in [2.45, 2.75) is 39.5 Å². The van der Waals surface area contributed by atoms with Gasteiger partial charge in [0.2, 0.25) is 5.91 Å². The Labute approximate surface area is 121 Å². The van der Waals surface area contributed by atoms with Crippen LogP contribution in [0.25, 0.3) is 0 Å². The molecule has 0 unspecified atom stereocenters. The highest BCUT2D eigenvalue weighted by Gasteiger charge is 2.35.